The molecule has 0 fully saturated rings. The van der Waals surface area contributed by atoms with Gasteiger partial charge in [0.15, 0.2) is 9.84 Å². The van der Waals surface area contributed by atoms with Crippen molar-refractivity contribution in [3.8, 4) is 0 Å². The van der Waals surface area contributed by atoms with E-state index in [4.69, 9.17) is 9.15 Å². The van der Waals surface area contributed by atoms with Crippen molar-refractivity contribution in [3.63, 3.8) is 0 Å². The maximum Gasteiger partial charge on any atom is 0.291 e. The fourth-order valence-electron chi connectivity index (χ4n) is 3.37. The Kier molecular flexibility index (Phi) is 5.90. The molecule has 0 N–H and O–H groups in total. The molecule has 2 heterocycles. The first-order valence-electron chi connectivity index (χ1n) is 9.65. The molecule has 1 aliphatic heterocycles. The molecule has 160 valence electrons. The van der Waals surface area contributed by atoms with E-state index in [9.17, 15) is 17.6 Å². The number of halogens is 1. The fraction of sp³-hybridized carbons (Fsp3) is 0.174. The zero-order valence-corrected chi connectivity index (χ0v) is 17.3. The van der Waals surface area contributed by atoms with E-state index >= 15 is 0 Å². The van der Waals surface area contributed by atoms with Crippen LogP contribution in [0.4, 0.5) is 4.39 Å². The SMILES string of the molecule is O=C(C1=C(c2ccccc2)S(=O)(=O)CCO1)N(Cc1ccc(F)cc1)Cc1ccco1. The van der Waals surface area contributed by atoms with Crippen LogP contribution in [0.1, 0.15) is 16.9 Å². The number of rotatable bonds is 6. The smallest absolute Gasteiger partial charge is 0.291 e. The minimum absolute atomic E-state index is 0.0954. The lowest BCUT2D eigenvalue weighted by molar-refractivity contribution is -0.132. The van der Waals surface area contributed by atoms with Gasteiger partial charge in [0.05, 0.1) is 18.6 Å². The number of sulfone groups is 1. The first kappa shape index (κ1) is 20.9. The highest BCUT2D eigenvalue weighted by Crippen LogP contribution is 2.31. The van der Waals surface area contributed by atoms with E-state index in [1.807, 2.05) is 0 Å². The third-order valence-corrected chi connectivity index (χ3v) is 6.59. The second kappa shape index (κ2) is 8.77. The lowest BCUT2D eigenvalue weighted by Gasteiger charge is -2.27. The lowest BCUT2D eigenvalue weighted by atomic mass is 10.1. The molecule has 0 atom stereocenters. The first-order chi connectivity index (χ1) is 14.9. The van der Waals surface area contributed by atoms with Crippen molar-refractivity contribution < 1.29 is 26.8 Å². The van der Waals surface area contributed by atoms with Gasteiger partial charge in [0.25, 0.3) is 5.91 Å². The monoisotopic (exact) mass is 441 g/mol. The number of carbonyl (C=O) groups is 1. The normalized spacial score (nSPS) is 15.4. The number of hydrogen-bond acceptors (Lipinski definition) is 5. The number of hydrogen-bond donors (Lipinski definition) is 0. The van der Waals surface area contributed by atoms with Gasteiger partial charge >= 0.3 is 0 Å². The molecule has 31 heavy (non-hydrogen) atoms. The van der Waals surface area contributed by atoms with Crippen molar-refractivity contribution >= 4 is 20.6 Å². The van der Waals surface area contributed by atoms with Gasteiger partial charge in [-0.2, -0.15) is 0 Å². The Hall–Kier alpha value is -3.39. The summed E-state index contributed by atoms with van der Waals surface area (Å²) in [6, 6.07) is 17.6. The van der Waals surface area contributed by atoms with Gasteiger partial charge in [-0.25, -0.2) is 12.8 Å². The van der Waals surface area contributed by atoms with Crippen molar-refractivity contribution in [2.75, 3.05) is 12.4 Å². The van der Waals surface area contributed by atoms with Gasteiger partial charge in [0.2, 0.25) is 5.76 Å². The summed E-state index contributed by atoms with van der Waals surface area (Å²) in [6.07, 6.45) is 1.49. The first-order valence-corrected chi connectivity index (χ1v) is 11.3. The molecule has 1 aliphatic rings. The number of furan rings is 1. The van der Waals surface area contributed by atoms with Crippen LogP contribution in [0.5, 0.6) is 0 Å². The molecule has 3 aromatic rings. The topological polar surface area (TPSA) is 76.8 Å². The van der Waals surface area contributed by atoms with Crippen LogP contribution in [-0.4, -0.2) is 31.6 Å². The quantitative estimate of drug-likeness (QED) is 0.582. The van der Waals surface area contributed by atoms with Gasteiger partial charge in [-0.1, -0.05) is 42.5 Å². The van der Waals surface area contributed by atoms with E-state index in [0.29, 0.717) is 16.9 Å². The molecule has 8 heteroatoms. The predicted molar refractivity (Wildman–Crippen MR) is 112 cm³/mol. The fourth-order valence-corrected chi connectivity index (χ4v) is 4.80. The average Bonchev–Trinajstić information content (AvgIpc) is 3.27. The number of nitrogens with zero attached hydrogens (tertiary/aromatic N) is 1. The van der Waals surface area contributed by atoms with Gasteiger partial charge < -0.3 is 14.1 Å². The molecular formula is C23H20FNO5S. The predicted octanol–water partition coefficient (Wildman–Crippen LogP) is 3.76. The van der Waals surface area contributed by atoms with Gasteiger partial charge in [-0.05, 0) is 35.4 Å². The third kappa shape index (κ3) is 4.69. The van der Waals surface area contributed by atoms with Crippen molar-refractivity contribution in [2.45, 2.75) is 13.1 Å². The molecule has 0 aliphatic carbocycles. The van der Waals surface area contributed by atoms with E-state index in [0.717, 1.165) is 0 Å². The molecular weight excluding hydrogens is 421 g/mol. The summed E-state index contributed by atoms with van der Waals surface area (Å²) in [4.78, 5) is 14.8. The molecule has 0 spiro atoms. The van der Waals surface area contributed by atoms with E-state index in [1.54, 1.807) is 54.6 Å². The van der Waals surface area contributed by atoms with Crippen molar-refractivity contribution in [3.05, 3.63) is 101 Å². The largest absolute Gasteiger partial charge is 0.486 e. The zero-order valence-electron chi connectivity index (χ0n) is 16.5. The Morgan fingerprint density at radius 3 is 2.39 bits per heavy atom. The zero-order chi connectivity index (χ0) is 21.8. The molecule has 4 rings (SSSR count). The van der Waals surface area contributed by atoms with Gasteiger partial charge in [0.1, 0.15) is 23.1 Å². The van der Waals surface area contributed by atoms with Crippen LogP contribution in [0.15, 0.2) is 83.2 Å². The molecule has 1 amide bonds. The highest BCUT2D eigenvalue weighted by Gasteiger charge is 2.35. The summed E-state index contributed by atoms with van der Waals surface area (Å²) < 4.78 is 50.0. The number of ether oxygens (including phenoxy) is 1. The maximum absolute atomic E-state index is 13.5. The molecule has 0 bridgehead atoms. The molecule has 1 aromatic heterocycles. The van der Waals surface area contributed by atoms with Crippen LogP contribution in [0, 0.1) is 5.82 Å². The third-order valence-electron chi connectivity index (χ3n) is 4.85. The Morgan fingerprint density at radius 1 is 0.968 bits per heavy atom. The molecule has 0 saturated carbocycles. The molecule has 6 nitrogen and oxygen atoms in total. The minimum atomic E-state index is -3.71. The standard InChI is InChI=1S/C23H20FNO5S/c24-19-10-8-17(9-11-19)15-25(16-20-7-4-12-29-20)23(26)21-22(18-5-2-1-3-6-18)31(27,28)14-13-30-21/h1-12H,13-16H2. The number of benzene rings is 2. The minimum Gasteiger partial charge on any atom is -0.486 e. The number of amides is 1. The summed E-state index contributed by atoms with van der Waals surface area (Å²) in [6.45, 7) is 0.109. The van der Waals surface area contributed by atoms with Crippen LogP contribution < -0.4 is 0 Å². The Morgan fingerprint density at radius 2 is 1.71 bits per heavy atom. The summed E-state index contributed by atoms with van der Waals surface area (Å²) in [7, 11) is -3.71. The van der Waals surface area contributed by atoms with E-state index < -0.39 is 15.7 Å². The molecule has 2 aromatic carbocycles. The summed E-state index contributed by atoms with van der Waals surface area (Å²) in [5, 5.41) is 0. The highest BCUT2D eigenvalue weighted by atomic mass is 32.2. The maximum atomic E-state index is 13.5. The second-order valence-electron chi connectivity index (χ2n) is 7.06. The van der Waals surface area contributed by atoms with Crippen LogP contribution in [0.25, 0.3) is 4.91 Å². The van der Waals surface area contributed by atoms with Crippen LogP contribution >= 0.6 is 0 Å². The van der Waals surface area contributed by atoms with Crippen LogP contribution in [0.3, 0.4) is 0 Å². The lowest BCUT2D eigenvalue weighted by Crippen LogP contribution is -2.35. The molecule has 0 unspecified atom stereocenters. The van der Waals surface area contributed by atoms with Crippen LogP contribution in [0.2, 0.25) is 0 Å². The summed E-state index contributed by atoms with van der Waals surface area (Å²) >= 11 is 0. The van der Waals surface area contributed by atoms with E-state index in [1.165, 1.54) is 23.3 Å². The van der Waals surface area contributed by atoms with E-state index in [-0.39, 0.29) is 41.9 Å². The van der Waals surface area contributed by atoms with Gasteiger partial charge in [-0.3, -0.25) is 4.79 Å². The highest BCUT2D eigenvalue weighted by molar-refractivity contribution is 8.00. The second-order valence-corrected chi connectivity index (χ2v) is 9.10. The summed E-state index contributed by atoms with van der Waals surface area (Å²) in [5.41, 5.74) is 1.08. The Bertz CT molecular complexity index is 1190. The van der Waals surface area contributed by atoms with Gasteiger partial charge in [0, 0.05) is 6.54 Å². The summed E-state index contributed by atoms with van der Waals surface area (Å²) in [5.74, 6) is -0.863. The molecule has 0 saturated heterocycles. The van der Waals surface area contributed by atoms with Gasteiger partial charge in [-0.15, -0.1) is 0 Å². The van der Waals surface area contributed by atoms with Crippen molar-refractivity contribution in [2.24, 2.45) is 0 Å². The Labute approximate surface area is 179 Å². The van der Waals surface area contributed by atoms with E-state index in [2.05, 4.69) is 0 Å². The van der Waals surface area contributed by atoms with Crippen molar-refractivity contribution in [1.82, 2.24) is 4.90 Å². The Balaban J connectivity index is 1.76. The number of carbonyl (C=O) groups excluding carboxylic acids is 1. The van der Waals surface area contributed by atoms with Crippen molar-refractivity contribution in [1.29, 1.82) is 0 Å². The average molecular weight is 441 g/mol. The van der Waals surface area contributed by atoms with Crippen LogP contribution in [-0.2, 0) is 32.5 Å². The molecule has 0 radical (unpaired) electrons.